The van der Waals surface area contributed by atoms with E-state index in [9.17, 15) is 4.79 Å². The number of hydrogen-bond donors (Lipinski definition) is 1. The number of anilines is 1. The first-order chi connectivity index (χ1) is 10.7. The average molecular weight is 299 g/mol. The van der Waals surface area contributed by atoms with Crippen LogP contribution < -0.4 is 19.5 Å². The highest BCUT2D eigenvalue weighted by atomic mass is 16.6. The van der Waals surface area contributed by atoms with Crippen molar-refractivity contribution in [3.05, 3.63) is 48.5 Å². The molecule has 5 heteroatoms. The molecule has 2 aromatic rings. The van der Waals surface area contributed by atoms with Crippen LogP contribution in [-0.2, 0) is 4.79 Å². The highest BCUT2D eigenvalue weighted by Gasteiger charge is 2.34. The van der Waals surface area contributed by atoms with Crippen molar-refractivity contribution in [2.24, 2.45) is 0 Å². The van der Waals surface area contributed by atoms with Gasteiger partial charge in [0.1, 0.15) is 11.9 Å². The predicted molar refractivity (Wildman–Crippen MR) is 82.6 cm³/mol. The smallest absolute Gasteiger partial charge is 0.269 e. The Morgan fingerprint density at radius 3 is 2.55 bits per heavy atom. The third-order valence-corrected chi connectivity index (χ3v) is 3.44. The van der Waals surface area contributed by atoms with Gasteiger partial charge in [0.2, 0.25) is 6.10 Å². The quantitative estimate of drug-likeness (QED) is 0.947. The number of ether oxygens (including phenoxy) is 3. The molecule has 2 unspecified atom stereocenters. The van der Waals surface area contributed by atoms with Crippen molar-refractivity contribution in [1.29, 1.82) is 0 Å². The number of fused-ring (bicyclic) bond motifs is 1. The topological polar surface area (TPSA) is 56.8 Å². The summed E-state index contributed by atoms with van der Waals surface area (Å²) in [5.41, 5.74) is 0.652. The molecule has 0 saturated carbocycles. The molecule has 114 valence electrons. The fourth-order valence-corrected chi connectivity index (χ4v) is 2.32. The molecule has 1 heterocycles. The van der Waals surface area contributed by atoms with E-state index in [-0.39, 0.29) is 12.0 Å². The van der Waals surface area contributed by atoms with Gasteiger partial charge in [-0.2, -0.15) is 0 Å². The van der Waals surface area contributed by atoms with Crippen LogP contribution in [0.25, 0.3) is 0 Å². The molecule has 2 atom stereocenters. The molecule has 0 aliphatic carbocycles. The van der Waals surface area contributed by atoms with Crippen LogP contribution in [0, 0.1) is 0 Å². The highest BCUT2D eigenvalue weighted by molar-refractivity contribution is 5.95. The second kappa shape index (κ2) is 5.97. The van der Waals surface area contributed by atoms with Crippen LogP contribution >= 0.6 is 0 Å². The van der Waals surface area contributed by atoms with E-state index in [1.165, 1.54) is 0 Å². The van der Waals surface area contributed by atoms with E-state index in [0.717, 1.165) is 0 Å². The van der Waals surface area contributed by atoms with Crippen LogP contribution in [-0.4, -0.2) is 25.2 Å². The molecule has 0 radical (unpaired) electrons. The molecule has 3 rings (SSSR count). The van der Waals surface area contributed by atoms with Crippen molar-refractivity contribution in [2.45, 2.75) is 19.1 Å². The van der Waals surface area contributed by atoms with E-state index in [0.29, 0.717) is 22.9 Å². The Bertz CT molecular complexity index is 686. The standard InChI is InChI=1S/C17H17NO4/c1-11-16(22-15-9-4-3-8-14(15)21-11)17(19)18-12-6-5-7-13(10-12)20-2/h3-11,16H,1-2H3,(H,18,19). The third-order valence-electron chi connectivity index (χ3n) is 3.44. The van der Waals surface area contributed by atoms with Gasteiger partial charge >= 0.3 is 0 Å². The maximum atomic E-state index is 12.4. The minimum absolute atomic E-state index is 0.254. The summed E-state index contributed by atoms with van der Waals surface area (Å²) in [6.07, 6.45) is -1.08. The zero-order valence-electron chi connectivity index (χ0n) is 12.4. The Morgan fingerprint density at radius 2 is 1.82 bits per heavy atom. The molecule has 1 N–H and O–H groups in total. The summed E-state index contributed by atoms with van der Waals surface area (Å²) in [5.74, 6) is 1.65. The molecule has 2 aromatic carbocycles. The molecule has 0 fully saturated rings. The Labute approximate surface area is 128 Å². The summed E-state index contributed by atoms with van der Waals surface area (Å²) in [7, 11) is 1.58. The van der Waals surface area contributed by atoms with Crippen molar-refractivity contribution >= 4 is 11.6 Å². The van der Waals surface area contributed by atoms with Crippen molar-refractivity contribution in [3.63, 3.8) is 0 Å². The molecule has 1 amide bonds. The van der Waals surface area contributed by atoms with Crippen molar-refractivity contribution in [2.75, 3.05) is 12.4 Å². The average Bonchev–Trinajstić information content (AvgIpc) is 2.54. The molecule has 1 aliphatic rings. The summed E-state index contributed by atoms with van der Waals surface area (Å²) in [6.45, 7) is 1.81. The van der Waals surface area contributed by atoms with Crippen LogP contribution in [0.15, 0.2) is 48.5 Å². The molecule has 0 spiro atoms. The summed E-state index contributed by atoms with van der Waals surface area (Å²) < 4.78 is 16.6. The van der Waals surface area contributed by atoms with E-state index in [1.807, 2.05) is 37.3 Å². The van der Waals surface area contributed by atoms with Gasteiger partial charge in [0, 0.05) is 11.8 Å². The van der Waals surface area contributed by atoms with Crippen molar-refractivity contribution < 1.29 is 19.0 Å². The molecule has 0 aromatic heterocycles. The van der Waals surface area contributed by atoms with Gasteiger partial charge in [-0.3, -0.25) is 4.79 Å². The monoisotopic (exact) mass is 299 g/mol. The molecule has 1 aliphatic heterocycles. The maximum absolute atomic E-state index is 12.4. The number of rotatable bonds is 3. The summed E-state index contributed by atoms with van der Waals surface area (Å²) in [4.78, 5) is 12.4. The zero-order chi connectivity index (χ0) is 15.5. The lowest BCUT2D eigenvalue weighted by Crippen LogP contribution is -2.46. The van der Waals surface area contributed by atoms with Gasteiger partial charge < -0.3 is 19.5 Å². The Balaban J connectivity index is 1.75. The van der Waals surface area contributed by atoms with E-state index >= 15 is 0 Å². The van der Waals surface area contributed by atoms with Gasteiger partial charge in [-0.25, -0.2) is 0 Å². The highest BCUT2D eigenvalue weighted by Crippen LogP contribution is 2.33. The molecule has 0 bridgehead atoms. The summed E-state index contributed by atoms with van der Waals surface area (Å²) >= 11 is 0. The van der Waals surface area contributed by atoms with Crippen LogP contribution in [0.4, 0.5) is 5.69 Å². The number of benzene rings is 2. The van der Waals surface area contributed by atoms with Gasteiger partial charge in [-0.15, -0.1) is 0 Å². The number of amides is 1. The third kappa shape index (κ3) is 2.83. The Morgan fingerprint density at radius 1 is 1.09 bits per heavy atom. The first kappa shape index (κ1) is 14.3. The van der Waals surface area contributed by atoms with Crippen molar-refractivity contribution in [1.82, 2.24) is 0 Å². The number of methoxy groups -OCH3 is 1. The van der Waals surface area contributed by atoms with E-state index in [1.54, 1.807) is 25.3 Å². The molecule has 5 nitrogen and oxygen atoms in total. The zero-order valence-corrected chi connectivity index (χ0v) is 12.4. The van der Waals surface area contributed by atoms with E-state index < -0.39 is 6.10 Å². The Kier molecular flexibility index (Phi) is 3.87. The lowest BCUT2D eigenvalue weighted by atomic mass is 10.1. The molecule has 0 saturated heterocycles. The van der Waals surface area contributed by atoms with Crippen LogP contribution in [0.1, 0.15) is 6.92 Å². The van der Waals surface area contributed by atoms with Crippen LogP contribution in [0.2, 0.25) is 0 Å². The number of para-hydroxylation sites is 2. The number of hydrogen-bond acceptors (Lipinski definition) is 4. The largest absolute Gasteiger partial charge is 0.497 e. The lowest BCUT2D eigenvalue weighted by Gasteiger charge is -2.31. The van der Waals surface area contributed by atoms with Gasteiger partial charge in [-0.05, 0) is 31.2 Å². The lowest BCUT2D eigenvalue weighted by molar-refractivity contribution is -0.128. The van der Waals surface area contributed by atoms with Crippen LogP contribution in [0.3, 0.4) is 0 Å². The van der Waals surface area contributed by atoms with Gasteiger partial charge in [0.15, 0.2) is 11.5 Å². The second-order valence-electron chi connectivity index (χ2n) is 5.03. The fourth-order valence-electron chi connectivity index (χ4n) is 2.32. The van der Waals surface area contributed by atoms with Crippen molar-refractivity contribution in [3.8, 4) is 17.2 Å². The number of carbonyl (C=O) groups is 1. The van der Waals surface area contributed by atoms with E-state index in [2.05, 4.69) is 5.32 Å². The minimum atomic E-state index is -0.707. The number of carbonyl (C=O) groups excluding carboxylic acids is 1. The van der Waals surface area contributed by atoms with Crippen LogP contribution in [0.5, 0.6) is 17.2 Å². The van der Waals surface area contributed by atoms with E-state index in [4.69, 9.17) is 14.2 Å². The van der Waals surface area contributed by atoms with Gasteiger partial charge in [0.25, 0.3) is 5.91 Å². The molecular weight excluding hydrogens is 282 g/mol. The second-order valence-corrected chi connectivity index (χ2v) is 5.03. The predicted octanol–water partition coefficient (Wildman–Crippen LogP) is 2.86. The van der Waals surface area contributed by atoms with Gasteiger partial charge in [-0.1, -0.05) is 18.2 Å². The Hall–Kier alpha value is -2.69. The maximum Gasteiger partial charge on any atom is 0.269 e. The SMILES string of the molecule is COc1cccc(NC(=O)C2Oc3ccccc3OC2C)c1. The first-order valence-corrected chi connectivity index (χ1v) is 7.04. The molecular formula is C17H17NO4. The first-order valence-electron chi connectivity index (χ1n) is 7.04. The van der Waals surface area contributed by atoms with Gasteiger partial charge in [0.05, 0.1) is 7.11 Å². The number of nitrogens with one attached hydrogen (secondary N) is 1. The summed E-state index contributed by atoms with van der Waals surface area (Å²) in [6, 6.07) is 14.5. The summed E-state index contributed by atoms with van der Waals surface area (Å²) in [5, 5.41) is 2.82. The fraction of sp³-hybridized carbons (Fsp3) is 0.235. The normalized spacial score (nSPS) is 19.4. The molecule has 22 heavy (non-hydrogen) atoms. The minimum Gasteiger partial charge on any atom is -0.497 e.